The smallest absolute Gasteiger partial charge is 0.179 e. The number of pyridine rings is 1. The van der Waals surface area contributed by atoms with Crippen molar-refractivity contribution >= 4 is 15.7 Å². The number of nitrogens with zero attached hydrogens (tertiary/aromatic N) is 2. The van der Waals surface area contributed by atoms with E-state index in [1.807, 2.05) is 0 Å². The van der Waals surface area contributed by atoms with Gasteiger partial charge in [-0.15, -0.1) is 0 Å². The maximum Gasteiger partial charge on any atom is 0.179 e. The number of sulfone groups is 1. The predicted molar refractivity (Wildman–Crippen MR) is 77.2 cm³/mol. The molecule has 2 heterocycles. The van der Waals surface area contributed by atoms with Crippen molar-refractivity contribution < 1.29 is 8.42 Å². The zero-order valence-electron chi connectivity index (χ0n) is 11.7. The van der Waals surface area contributed by atoms with Crippen LogP contribution in [0.2, 0.25) is 0 Å². The lowest BCUT2D eigenvalue weighted by Gasteiger charge is -2.23. The van der Waals surface area contributed by atoms with E-state index >= 15 is 0 Å². The van der Waals surface area contributed by atoms with E-state index in [0.717, 1.165) is 31.8 Å². The van der Waals surface area contributed by atoms with Gasteiger partial charge in [0.1, 0.15) is 10.7 Å². The molecule has 0 N–H and O–H groups in total. The van der Waals surface area contributed by atoms with Crippen LogP contribution in [-0.4, -0.2) is 32.7 Å². The number of aromatic nitrogens is 1. The van der Waals surface area contributed by atoms with Gasteiger partial charge in [-0.1, -0.05) is 13.3 Å². The average molecular weight is 282 g/mol. The van der Waals surface area contributed by atoms with Crippen LogP contribution < -0.4 is 4.90 Å². The summed E-state index contributed by atoms with van der Waals surface area (Å²) < 4.78 is 23.7. The second kappa shape index (κ2) is 5.90. The molecule has 1 saturated heterocycles. The fourth-order valence-electron chi connectivity index (χ4n) is 2.69. The molecule has 1 aliphatic rings. The van der Waals surface area contributed by atoms with Gasteiger partial charge in [-0.25, -0.2) is 13.4 Å². The summed E-state index contributed by atoms with van der Waals surface area (Å²) in [6, 6.07) is 3.34. The number of rotatable bonds is 3. The minimum atomic E-state index is -3.22. The lowest BCUT2D eigenvalue weighted by Crippen LogP contribution is -2.27. The lowest BCUT2D eigenvalue weighted by molar-refractivity contribution is 0.459. The topological polar surface area (TPSA) is 50.3 Å². The predicted octanol–water partition coefficient (Wildman–Crippen LogP) is 2.50. The average Bonchev–Trinajstić information content (AvgIpc) is 2.63. The second-order valence-corrected chi connectivity index (χ2v) is 7.27. The third-order valence-corrected chi connectivity index (χ3v) is 4.99. The minimum absolute atomic E-state index is 0.352. The number of hydrogen-bond acceptors (Lipinski definition) is 4. The Balaban J connectivity index is 2.27. The molecule has 1 unspecified atom stereocenters. The van der Waals surface area contributed by atoms with E-state index in [9.17, 15) is 8.42 Å². The Morgan fingerprint density at radius 1 is 1.37 bits per heavy atom. The van der Waals surface area contributed by atoms with E-state index in [-0.39, 0.29) is 0 Å². The molecule has 0 aromatic carbocycles. The van der Waals surface area contributed by atoms with Crippen molar-refractivity contribution in [3.8, 4) is 0 Å². The highest BCUT2D eigenvalue weighted by molar-refractivity contribution is 7.90. The van der Waals surface area contributed by atoms with Crippen LogP contribution >= 0.6 is 0 Å². The van der Waals surface area contributed by atoms with Gasteiger partial charge in [0.2, 0.25) is 0 Å². The normalized spacial score (nSPS) is 21.2. The van der Waals surface area contributed by atoms with Gasteiger partial charge in [-0.05, 0) is 37.3 Å². The van der Waals surface area contributed by atoms with Crippen LogP contribution in [-0.2, 0) is 9.84 Å². The molecule has 1 aromatic heterocycles. The molecule has 0 amide bonds. The quantitative estimate of drug-likeness (QED) is 0.854. The Morgan fingerprint density at radius 3 is 2.84 bits per heavy atom. The third kappa shape index (κ3) is 3.47. The van der Waals surface area contributed by atoms with Gasteiger partial charge in [-0.2, -0.15) is 0 Å². The standard InChI is InChI=1S/C14H22N2O2S/c1-3-12-6-5-10-16(11-8-12)14-13(19(2,17)18)7-4-9-15-14/h4,7,9,12H,3,5-6,8,10-11H2,1-2H3. The summed E-state index contributed by atoms with van der Waals surface area (Å²) in [6.07, 6.45) is 7.59. The molecule has 1 fully saturated rings. The summed E-state index contributed by atoms with van der Waals surface area (Å²) in [7, 11) is -3.22. The molecule has 0 bridgehead atoms. The van der Waals surface area contributed by atoms with Crippen molar-refractivity contribution in [3.05, 3.63) is 18.3 Å². The summed E-state index contributed by atoms with van der Waals surface area (Å²) in [5.74, 6) is 1.39. The molecular formula is C14H22N2O2S. The van der Waals surface area contributed by atoms with E-state index < -0.39 is 9.84 Å². The molecule has 4 nitrogen and oxygen atoms in total. The van der Waals surface area contributed by atoms with Gasteiger partial charge in [0.05, 0.1) is 0 Å². The molecule has 0 radical (unpaired) electrons. The summed E-state index contributed by atoms with van der Waals surface area (Å²) in [4.78, 5) is 6.79. The molecule has 1 aromatic rings. The Morgan fingerprint density at radius 2 is 2.16 bits per heavy atom. The maximum absolute atomic E-state index is 11.8. The van der Waals surface area contributed by atoms with Crippen LogP contribution in [0.25, 0.3) is 0 Å². The Kier molecular flexibility index (Phi) is 4.45. The van der Waals surface area contributed by atoms with E-state index in [2.05, 4.69) is 16.8 Å². The van der Waals surface area contributed by atoms with Crippen LogP contribution in [0.3, 0.4) is 0 Å². The molecule has 1 atom stereocenters. The Bertz CT molecular complexity index is 528. The Hall–Kier alpha value is -1.10. The largest absolute Gasteiger partial charge is 0.356 e. The fraction of sp³-hybridized carbons (Fsp3) is 0.643. The van der Waals surface area contributed by atoms with E-state index in [4.69, 9.17) is 0 Å². The van der Waals surface area contributed by atoms with Crippen molar-refractivity contribution in [1.29, 1.82) is 0 Å². The van der Waals surface area contributed by atoms with Crippen molar-refractivity contribution in [3.63, 3.8) is 0 Å². The highest BCUT2D eigenvalue weighted by Gasteiger charge is 2.22. The van der Waals surface area contributed by atoms with Gasteiger partial charge in [0, 0.05) is 25.5 Å². The SMILES string of the molecule is CCC1CCCN(c2ncccc2S(C)(=O)=O)CC1. The minimum Gasteiger partial charge on any atom is -0.356 e. The molecule has 19 heavy (non-hydrogen) atoms. The second-order valence-electron chi connectivity index (χ2n) is 5.29. The van der Waals surface area contributed by atoms with Crippen molar-refractivity contribution in [2.45, 2.75) is 37.5 Å². The van der Waals surface area contributed by atoms with Gasteiger partial charge in [0.15, 0.2) is 9.84 Å². The Labute approximate surface area is 115 Å². The van der Waals surface area contributed by atoms with Crippen LogP contribution in [0, 0.1) is 5.92 Å². The van der Waals surface area contributed by atoms with Crippen molar-refractivity contribution in [1.82, 2.24) is 4.98 Å². The van der Waals surface area contributed by atoms with Crippen LogP contribution in [0.5, 0.6) is 0 Å². The molecule has 0 saturated carbocycles. The van der Waals surface area contributed by atoms with E-state index in [1.165, 1.54) is 19.1 Å². The van der Waals surface area contributed by atoms with Crippen molar-refractivity contribution in [2.24, 2.45) is 5.92 Å². The molecule has 1 aliphatic heterocycles. The summed E-state index contributed by atoms with van der Waals surface area (Å²) in [5.41, 5.74) is 0. The van der Waals surface area contributed by atoms with E-state index in [0.29, 0.717) is 10.7 Å². The fourth-order valence-corrected chi connectivity index (χ4v) is 3.53. The molecule has 2 rings (SSSR count). The number of hydrogen-bond donors (Lipinski definition) is 0. The highest BCUT2D eigenvalue weighted by Crippen LogP contribution is 2.27. The highest BCUT2D eigenvalue weighted by atomic mass is 32.2. The first-order valence-corrected chi connectivity index (χ1v) is 8.81. The van der Waals surface area contributed by atoms with Crippen LogP contribution in [0.1, 0.15) is 32.6 Å². The zero-order chi connectivity index (χ0) is 13.9. The van der Waals surface area contributed by atoms with E-state index in [1.54, 1.807) is 18.3 Å². The van der Waals surface area contributed by atoms with Crippen molar-refractivity contribution in [2.75, 3.05) is 24.2 Å². The molecule has 0 aliphatic carbocycles. The van der Waals surface area contributed by atoms with Crippen LogP contribution in [0.4, 0.5) is 5.82 Å². The maximum atomic E-state index is 11.8. The van der Waals surface area contributed by atoms with Gasteiger partial charge in [-0.3, -0.25) is 0 Å². The molecular weight excluding hydrogens is 260 g/mol. The zero-order valence-corrected chi connectivity index (χ0v) is 12.5. The van der Waals surface area contributed by atoms with Gasteiger partial charge < -0.3 is 4.90 Å². The monoisotopic (exact) mass is 282 g/mol. The van der Waals surface area contributed by atoms with Gasteiger partial charge >= 0.3 is 0 Å². The molecule has 0 spiro atoms. The number of anilines is 1. The first kappa shape index (κ1) is 14.3. The van der Waals surface area contributed by atoms with Crippen LogP contribution in [0.15, 0.2) is 23.2 Å². The summed E-state index contributed by atoms with van der Waals surface area (Å²) in [5, 5.41) is 0. The first-order chi connectivity index (χ1) is 9.02. The summed E-state index contributed by atoms with van der Waals surface area (Å²) >= 11 is 0. The molecule has 106 valence electrons. The first-order valence-electron chi connectivity index (χ1n) is 6.92. The molecule has 5 heteroatoms. The lowest BCUT2D eigenvalue weighted by atomic mass is 9.98. The third-order valence-electron chi connectivity index (χ3n) is 3.87. The van der Waals surface area contributed by atoms with Gasteiger partial charge in [0.25, 0.3) is 0 Å². The summed E-state index contributed by atoms with van der Waals surface area (Å²) in [6.45, 7) is 4.02.